The zero-order valence-electron chi connectivity index (χ0n) is 10.2. The number of benzene rings is 1. The number of nitrogens with one attached hydrogen (secondary N) is 1. The lowest BCUT2D eigenvalue weighted by atomic mass is 10.2. The van der Waals surface area contributed by atoms with Crippen molar-refractivity contribution < 1.29 is 9.21 Å². The van der Waals surface area contributed by atoms with Gasteiger partial charge in [-0.15, -0.1) is 0 Å². The zero-order chi connectivity index (χ0) is 13.8. The van der Waals surface area contributed by atoms with E-state index >= 15 is 0 Å². The Hall–Kier alpha value is -2.06. The van der Waals surface area contributed by atoms with Gasteiger partial charge in [0.05, 0.1) is 29.1 Å². The van der Waals surface area contributed by atoms with Gasteiger partial charge in [-0.1, -0.05) is 6.92 Å². The van der Waals surface area contributed by atoms with Crippen LogP contribution in [-0.2, 0) is 6.42 Å². The molecule has 0 radical (unpaired) electrons. The summed E-state index contributed by atoms with van der Waals surface area (Å²) < 4.78 is 5.89. The fourth-order valence-electron chi connectivity index (χ4n) is 1.69. The first kappa shape index (κ1) is 13.4. The third-order valence-corrected chi connectivity index (χ3v) is 3.31. The molecule has 2 rings (SSSR count). The van der Waals surface area contributed by atoms with E-state index in [0.29, 0.717) is 33.5 Å². The molecule has 1 aromatic heterocycles. The molecule has 19 heavy (non-hydrogen) atoms. The molecule has 0 bridgehead atoms. The third kappa shape index (κ3) is 2.85. The summed E-state index contributed by atoms with van der Waals surface area (Å²) in [6, 6.07) is 8.68. The molecular formula is C14H11BrN2O2. The number of hydrogen-bond acceptors (Lipinski definition) is 3. The number of carbonyl (C=O) groups excluding carboxylic acids is 1. The van der Waals surface area contributed by atoms with Crippen LogP contribution >= 0.6 is 15.9 Å². The van der Waals surface area contributed by atoms with Crippen molar-refractivity contribution >= 4 is 27.5 Å². The highest BCUT2D eigenvalue weighted by Crippen LogP contribution is 2.24. The maximum atomic E-state index is 12.1. The number of aryl methyl sites for hydroxylation is 1. The van der Waals surface area contributed by atoms with Gasteiger partial charge in [-0.3, -0.25) is 4.79 Å². The summed E-state index contributed by atoms with van der Waals surface area (Å²) in [5.74, 6) is 0.429. The van der Waals surface area contributed by atoms with Crippen molar-refractivity contribution in [2.45, 2.75) is 13.3 Å². The number of nitriles is 1. The Kier molecular flexibility index (Phi) is 4.03. The standard InChI is InChI=1S/C14H11BrN2O2/c1-2-13-10(5-6-19-13)14(18)17-12-4-3-9(8-16)7-11(12)15/h3-7H,2H2,1H3,(H,17,18). The molecule has 0 aliphatic carbocycles. The Labute approximate surface area is 119 Å². The molecule has 0 spiro atoms. The highest BCUT2D eigenvalue weighted by atomic mass is 79.9. The smallest absolute Gasteiger partial charge is 0.259 e. The summed E-state index contributed by atoms with van der Waals surface area (Å²) in [6.45, 7) is 1.92. The van der Waals surface area contributed by atoms with Crippen LogP contribution in [-0.4, -0.2) is 5.91 Å². The molecule has 0 atom stereocenters. The van der Waals surface area contributed by atoms with E-state index < -0.39 is 0 Å². The average molecular weight is 319 g/mol. The van der Waals surface area contributed by atoms with Crippen molar-refractivity contribution in [2.24, 2.45) is 0 Å². The fourth-order valence-corrected chi connectivity index (χ4v) is 2.17. The molecule has 0 unspecified atom stereocenters. The molecule has 2 aromatic rings. The van der Waals surface area contributed by atoms with Crippen molar-refractivity contribution in [3.05, 3.63) is 51.9 Å². The maximum Gasteiger partial charge on any atom is 0.259 e. The van der Waals surface area contributed by atoms with Gasteiger partial charge >= 0.3 is 0 Å². The van der Waals surface area contributed by atoms with Gasteiger partial charge in [0.1, 0.15) is 5.76 Å². The lowest BCUT2D eigenvalue weighted by Crippen LogP contribution is -2.13. The molecule has 5 heteroatoms. The largest absolute Gasteiger partial charge is 0.469 e. The van der Waals surface area contributed by atoms with E-state index in [2.05, 4.69) is 21.2 Å². The predicted molar refractivity (Wildman–Crippen MR) is 74.9 cm³/mol. The summed E-state index contributed by atoms with van der Waals surface area (Å²) in [4.78, 5) is 12.1. The summed E-state index contributed by atoms with van der Waals surface area (Å²) in [6.07, 6.45) is 2.16. The molecule has 96 valence electrons. The molecule has 1 aromatic carbocycles. The summed E-state index contributed by atoms with van der Waals surface area (Å²) in [7, 11) is 0. The van der Waals surface area contributed by atoms with Crippen LogP contribution in [0.25, 0.3) is 0 Å². The molecule has 4 nitrogen and oxygen atoms in total. The van der Waals surface area contributed by atoms with Crippen LogP contribution in [0.15, 0.2) is 39.4 Å². The van der Waals surface area contributed by atoms with Crippen LogP contribution in [0.4, 0.5) is 5.69 Å². The van der Waals surface area contributed by atoms with Crippen LogP contribution < -0.4 is 5.32 Å². The second kappa shape index (κ2) is 5.72. The minimum Gasteiger partial charge on any atom is -0.469 e. The molecule has 0 aliphatic rings. The molecule has 0 saturated heterocycles. The number of halogens is 1. The second-order valence-corrected chi connectivity index (χ2v) is 4.73. The van der Waals surface area contributed by atoms with Crippen molar-refractivity contribution in [1.82, 2.24) is 0 Å². The number of furan rings is 1. The SMILES string of the molecule is CCc1occc1C(=O)Nc1ccc(C#N)cc1Br. The minimum atomic E-state index is -0.226. The third-order valence-electron chi connectivity index (χ3n) is 2.66. The maximum absolute atomic E-state index is 12.1. The van der Waals surface area contributed by atoms with Crippen molar-refractivity contribution in [2.75, 3.05) is 5.32 Å². The van der Waals surface area contributed by atoms with Crippen LogP contribution in [0.2, 0.25) is 0 Å². The molecule has 1 heterocycles. The number of carbonyl (C=O) groups is 1. The van der Waals surface area contributed by atoms with Crippen LogP contribution in [0.3, 0.4) is 0 Å². The van der Waals surface area contributed by atoms with Crippen LogP contribution in [0, 0.1) is 11.3 Å². The van der Waals surface area contributed by atoms with E-state index in [1.54, 1.807) is 24.3 Å². The van der Waals surface area contributed by atoms with Gasteiger partial charge < -0.3 is 9.73 Å². The Bertz CT molecular complexity index is 656. The van der Waals surface area contributed by atoms with Crippen molar-refractivity contribution in [3.63, 3.8) is 0 Å². The number of anilines is 1. The quantitative estimate of drug-likeness (QED) is 0.937. The molecular weight excluding hydrogens is 308 g/mol. The normalized spacial score (nSPS) is 9.95. The summed E-state index contributed by atoms with van der Waals surface area (Å²) >= 11 is 3.33. The van der Waals surface area contributed by atoms with Crippen molar-refractivity contribution in [1.29, 1.82) is 5.26 Å². The second-order valence-electron chi connectivity index (χ2n) is 3.87. The highest BCUT2D eigenvalue weighted by Gasteiger charge is 2.14. The van der Waals surface area contributed by atoms with E-state index in [-0.39, 0.29) is 5.91 Å². The van der Waals surface area contributed by atoms with Gasteiger partial charge in [0.25, 0.3) is 5.91 Å². The number of amides is 1. The van der Waals surface area contributed by atoms with Gasteiger partial charge in [0.2, 0.25) is 0 Å². The fraction of sp³-hybridized carbons (Fsp3) is 0.143. The van der Waals surface area contributed by atoms with Gasteiger partial charge in [0, 0.05) is 10.9 Å². The Morgan fingerprint density at radius 1 is 1.47 bits per heavy atom. The first-order valence-electron chi connectivity index (χ1n) is 5.73. The summed E-state index contributed by atoms with van der Waals surface area (Å²) in [5, 5.41) is 11.6. The molecule has 0 fully saturated rings. The monoisotopic (exact) mass is 318 g/mol. The van der Waals surface area contributed by atoms with E-state index in [1.807, 2.05) is 13.0 Å². The average Bonchev–Trinajstić information content (AvgIpc) is 2.89. The Morgan fingerprint density at radius 2 is 2.26 bits per heavy atom. The van der Waals surface area contributed by atoms with Crippen molar-refractivity contribution in [3.8, 4) is 6.07 Å². The van der Waals surface area contributed by atoms with E-state index in [9.17, 15) is 4.79 Å². The van der Waals surface area contributed by atoms with Gasteiger partial charge in [-0.2, -0.15) is 5.26 Å². The predicted octanol–water partition coefficient (Wildman–Crippen LogP) is 3.73. The van der Waals surface area contributed by atoms with Crippen LogP contribution in [0.1, 0.15) is 28.6 Å². The van der Waals surface area contributed by atoms with E-state index in [1.165, 1.54) is 6.26 Å². The molecule has 1 amide bonds. The number of hydrogen-bond donors (Lipinski definition) is 1. The first-order chi connectivity index (χ1) is 9.15. The lowest BCUT2D eigenvalue weighted by molar-refractivity contribution is 0.102. The highest BCUT2D eigenvalue weighted by molar-refractivity contribution is 9.10. The Morgan fingerprint density at radius 3 is 2.89 bits per heavy atom. The number of nitrogens with zero attached hydrogens (tertiary/aromatic N) is 1. The molecule has 1 N–H and O–H groups in total. The van der Waals surface area contributed by atoms with Gasteiger partial charge in [-0.25, -0.2) is 0 Å². The summed E-state index contributed by atoms with van der Waals surface area (Å²) in [5.41, 5.74) is 1.67. The topological polar surface area (TPSA) is 66.0 Å². The zero-order valence-corrected chi connectivity index (χ0v) is 11.8. The van der Waals surface area contributed by atoms with E-state index in [0.717, 1.165) is 0 Å². The molecule has 0 aliphatic heterocycles. The van der Waals surface area contributed by atoms with Gasteiger partial charge in [-0.05, 0) is 40.2 Å². The Balaban J connectivity index is 2.22. The number of rotatable bonds is 3. The molecule has 0 saturated carbocycles. The van der Waals surface area contributed by atoms with Crippen LogP contribution in [0.5, 0.6) is 0 Å². The lowest BCUT2D eigenvalue weighted by Gasteiger charge is -2.07. The van der Waals surface area contributed by atoms with E-state index in [4.69, 9.17) is 9.68 Å². The first-order valence-corrected chi connectivity index (χ1v) is 6.52. The minimum absolute atomic E-state index is 0.226. The van der Waals surface area contributed by atoms with Gasteiger partial charge in [0.15, 0.2) is 0 Å².